The van der Waals surface area contributed by atoms with Gasteiger partial charge in [0.1, 0.15) is 5.82 Å². The lowest BCUT2D eigenvalue weighted by molar-refractivity contribution is 0.0927. The van der Waals surface area contributed by atoms with E-state index in [1.807, 2.05) is 30.3 Å². The molecule has 4 aromatic rings. The first-order valence-corrected chi connectivity index (χ1v) is 10.2. The second-order valence-electron chi connectivity index (χ2n) is 7.40. The van der Waals surface area contributed by atoms with Crippen LogP contribution in [0.25, 0.3) is 11.0 Å². The molecule has 8 heteroatoms. The summed E-state index contributed by atoms with van der Waals surface area (Å²) >= 11 is 0. The van der Waals surface area contributed by atoms with E-state index in [-0.39, 0.29) is 24.6 Å². The van der Waals surface area contributed by atoms with Gasteiger partial charge in [0.25, 0.3) is 11.8 Å². The number of pyridine rings is 1. The number of nitrogens with zero attached hydrogens (tertiary/aromatic N) is 3. The van der Waals surface area contributed by atoms with Gasteiger partial charge >= 0.3 is 0 Å². The van der Waals surface area contributed by atoms with Crippen molar-refractivity contribution >= 4 is 22.8 Å². The zero-order valence-corrected chi connectivity index (χ0v) is 17.5. The third-order valence-electron chi connectivity index (χ3n) is 5.04. The molecule has 2 aromatic carbocycles. The third kappa shape index (κ3) is 4.80. The third-order valence-corrected chi connectivity index (χ3v) is 5.04. The molecule has 2 N–H and O–H groups in total. The van der Waals surface area contributed by atoms with Crippen LogP contribution in [0.4, 0.5) is 4.39 Å². The summed E-state index contributed by atoms with van der Waals surface area (Å²) in [6, 6.07) is 16.0. The monoisotopic (exact) mass is 431 g/mol. The zero-order chi connectivity index (χ0) is 22.5. The first kappa shape index (κ1) is 21.2. The maximum atomic E-state index is 13.6. The number of aryl methyl sites for hydroxylation is 1. The molecule has 0 saturated heterocycles. The number of carbonyl (C=O) groups excluding carboxylic acids is 2. The fraction of sp³-hybridized carbons (Fsp3) is 0.167. The average Bonchev–Trinajstić information content (AvgIpc) is 3.20. The van der Waals surface area contributed by atoms with Crippen LogP contribution < -0.4 is 10.6 Å². The number of hydrogen-bond acceptors (Lipinski definition) is 4. The van der Waals surface area contributed by atoms with Crippen LogP contribution in [0.3, 0.4) is 0 Å². The van der Waals surface area contributed by atoms with Gasteiger partial charge in [0, 0.05) is 30.2 Å². The molecule has 2 aromatic heterocycles. The van der Waals surface area contributed by atoms with Crippen LogP contribution in [-0.4, -0.2) is 39.7 Å². The van der Waals surface area contributed by atoms with Crippen molar-refractivity contribution in [1.29, 1.82) is 0 Å². The van der Waals surface area contributed by atoms with E-state index in [0.717, 1.165) is 10.9 Å². The predicted octanol–water partition coefficient (Wildman–Crippen LogP) is 3.09. The Balaban J connectivity index is 1.32. The van der Waals surface area contributed by atoms with Crippen molar-refractivity contribution in [1.82, 2.24) is 25.4 Å². The van der Waals surface area contributed by atoms with Gasteiger partial charge in [-0.1, -0.05) is 36.4 Å². The summed E-state index contributed by atoms with van der Waals surface area (Å²) in [5.41, 5.74) is 2.93. The summed E-state index contributed by atoms with van der Waals surface area (Å²) in [7, 11) is 0. The van der Waals surface area contributed by atoms with Crippen molar-refractivity contribution in [3.8, 4) is 0 Å². The van der Waals surface area contributed by atoms with E-state index in [1.165, 1.54) is 12.3 Å². The predicted molar refractivity (Wildman–Crippen MR) is 119 cm³/mol. The SMILES string of the molecule is Cc1ccc(C(=O)NCCNC(=O)c2cnc3c(cnn3Cc3ccccc3)c2)cc1F. The fourth-order valence-corrected chi connectivity index (χ4v) is 3.26. The molecule has 0 saturated carbocycles. The summed E-state index contributed by atoms with van der Waals surface area (Å²) in [5.74, 6) is -1.13. The van der Waals surface area contributed by atoms with Gasteiger partial charge < -0.3 is 10.6 Å². The largest absolute Gasteiger partial charge is 0.350 e. The number of benzene rings is 2. The van der Waals surface area contributed by atoms with Gasteiger partial charge in [0.2, 0.25) is 0 Å². The standard InChI is InChI=1S/C24H22FN5O2/c1-16-7-8-18(12-21(16)25)23(31)26-9-10-27-24(32)20-11-19-14-29-30(22(19)28-13-20)15-17-5-3-2-4-6-17/h2-8,11-14H,9-10,15H2,1H3,(H,26,31)(H,27,32). The van der Waals surface area contributed by atoms with E-state index in [4.69, 9.17) is 0 Å². The number of aromatic nitrogens is 3. The first-order chi connectivity index (χ1) is 15.5. The Bertz CT molecular complexity index is 1270. The molecule has 2 amide bonds. The number of nitrogens with one attached hydrogen (secondary N) is 2. The topological polar surface area (TPSA) is 88.9 Å². The van der Waals surface area contributed by atoms with Crippen LogP contribution in [0.5, 0.6) is 0 Å². The van der Waals surface area contributed by atoms with E-state index < -0.39 is 11.7 Å². The zero-order valence-electron chi connectivity index (χ0n) is 17.5. The van der Waals surface area contributed by atoms with Crippen molar-refractivity contribution in [2.24, 2.45) is 0 Å². The van der Waals surface area contributed by atoms with Gasteiger partial charge in [-0.2, -0.15) is 5.10 Å². The minimum Gasteiger partial charge on any atom is -0.350 e. The Kier molecular flexibility index (Phi) is 6.21. The molecule has 0 aliphatic rings. The van der Waals surface area contributed by atoms with Gasteiger partial charge in [-0.05, 0) is 36.2 Å². The Morgan fingerprint density at radius 3 is 2.38 bits per heavy atom. The Hall–Kier alpha value is -4.07. The second-order valence-corrected chi connectivity index (χ2v) is 7.40. The lowest BCUT2D eigenvalue weighted by atomic mass is 10.1. The van der Waals surface area contributed by atoms with E-state index in [0.29, 0.717) is 23.3 Å². The molecule has 0 bridgehead atoms. The summed E-state index contributed by atoms with van der Waals surface area (Å²) < 4.78 is 15.4. The molecule has 7 nitrogen and oxygen atoms in total. The van der Waals surface area contributed by atoms with Crippen molar-refractivity contribution in [2.45, 2.75) is 13.5 Å². The lowest BCUT2D eigenvalue weighted by Crippen LogP contribution is -2.34. The molecule has 0 spiro atoms. The highest BCUT2D eigenvalue weighted by atomic mass is 19.1. The van der Waals surface area contributed by atoms with Crippen molar-refractivity contribution in [3.63, 3.8) is 0 Å². The molecule has 162 valence electrons. The Morgan fingerprint density at radius 1 is 0.938 bits per heavy atom. The van der Waals surface area contributed by atoms with Gasteiger partial charge in [-0.25, -0.2) is 14.1 Å². The van der Waals surface area contributed by atoms with E-state index in [1.54, 1.807) is 36.0 Å². The molecule has 4 rings (SSSR count). The van der Waals surface area contributed by atoms with Crippen molar-refractivity contribution in [2.75, 3.05) is 13.1 Å². The van der Waals surface area contributed by atoms with Crippen molar-refractivity contribution in [3.05, 3.63) is 95.1 Å². The van der Waals surface area contributed by atoms with Gasteiger partial charge in [-0.3, -0.25) is 9.59 Å². The number of carbonyl (C=O) groups is 2. The van der Waals surface area contributed by atoms with E-state index in [9.17, 15) is 14.0 Å². The highest BCUT2D eigenvalue weighted by Gasteiger charge is 2.11. The molecule has 32 heavy (non-hydrogen) atoms. The van der Waals surface area contributed by atoms with Gasteiger partial charge in [-0.15, -0.1) is 0 Å². The highest BCUT2D eigenvalue weighted by Crippen LogP contribution is 2.15. The number of rotatable bonds is 7. The maximum absolute atomic E-state index is 13.6. The normalized spacial score (nSPS) is 10.8. The van der Waals surface area contributed by atoms with Crippen LogP contribution in [0, 0.1) is 12.7 Å². The number of fused-ring (bicyclic) bond motifs is 1. The van der Waals surface area contributed by atoms with Gasteiger partial charge in [0.05, 0.1) is 18.3 Å². The first-order valence-electron chi connectivity index (χ1n) is 10.2. The van der Waals surface area contributed by atoms with E-state index in [2.05, 4.69) is 20.7 Å². The molecule has 0 aliphatic heterocycles. The minimum absolute atomic E-state index is 0.213. The van der Waals surface area contributed by atoms with Gasteiger partial charge in [0.15, 0.2) is 5.65 Å². The van der Waals surface area contributed by atoms with Crippen LogP contribution in [-0.2, 0) is 6.54 Å². The summed E-state index contributed by atoms with van der Waals surface area (Å²) in [6.07, 6.45) is 3.19. The van der Waals surface area contributed by atoms with E-state index >= 15 is 0 Å². The second kappa shape index (κ2) is 9.38. The fourth-order valence-electron chi connectivity index (χ4n) is 3.26. The molecular formula is C24H22FN5O2. The lowest BCUT2D eigenvalue weighted by Gasteiger charge is -2.08. The number of halogens is 1. The highest BCUT2D eigenvalue weighted by molar-refractivity contribution is 5.97. The Morgan fingerprint density at radius 2 is 1.66 bits per heavy atom. The minimum atomic E-state index is -0.430. The molecule has 0 radical (unpaired) electrons. The van der Waals surface area contributed by atoms with Crippen LogP contribution in [0.15, 0.2) is 67.0 Å². The molecule has 0 atom stereocenters. The summed E-state index contributed by atoms with van der Waals surface area (Å²) in [5, 5.41) is 10.5. The van der Waals surface area contributed by atoms with Crippen LogP contribution >= 0.6 is 0 Å². The molecular weight excluding hydrogens is 409 g/mol. The smallest absolute Gasteiger partial charge is 0.252 e. The number of hydrogen-bond donors (Lipinski definition) is 2. The van der Waals surface area contributed by atoms with Crippen LogP contribution in [0.2, 0.25) is 0 Å². The quantitative estimate of drug-likeness (QED) is 0.440. The van der Waals surface area contributed by atoms with Crippen molar-refractivity contribution < 1.29 is 14.0 Å². The summed E-state index contributed by atoms with van der Waals surface area (Å²) in [4.78, 5) is 28.9. The molecule has 0 unspecified atom stereocenters. The maximum Gasteiger partial charge on any atom is 0.252 e. The molecule has 0 aliphatic carbocycles. The van der Waals surface area contributed by atoms with Crippen LogP contribution in [0.1, 0.15) is 31.8 Å². The molecule has 2 heterocycles. The molecule has 0 fully saturated rings. The Labute approximate surface area is 184 Å². The number of amides is 2. The summed E-state index contributed by atoms with van der Waals surface area (Å²) in [6.45, 7) is 2.66. The average molecular weight is 431 g/mol.